The first-order chi connectivity index (χ1) is 9.51. The van der Waals surface area contributed by atoms with E-state index in [9.17, 15) is 0 Å². The Balaban J connectivity index is 2.26. The molecule has 0 saturated carbocycles. The summed E-state index contributed by atoms with van der Waals surface area (Å²) in [7, 11) is 0. The third-order valence-electron chi connectivity index (χ3n) is 3.82. The molecule has 1 unspecified atom stereocenters. The van der Waals surface area contributed by atoms with Crippen molar-refractivity contribution in [3.05, 3.63) is 69.2 Å². The summed E-state index contributed by atoms with van der Waals surface area (Å²) >= 11 is 6.01. The highest BCUT2D eigenvalue weighted by Crippen LogP contribution is 2.24. The molecule has 2 aromatic rings. The van der Waals surface area contributed by atoms with E-state index < -0.39 is 0 Å². The van der Waals surface area contributed by atoms with Crippen molar-refractivity contribution < 1.29 is 0 Å². The van der Waals surface area contributed by atoms with Gasteiger partial charge in [-0.05, 0) is 67.1 Å². The molecule has 0 aliphatic rings. The Labute approximate surface area is 125 Å². The van der Waals surface area contributed by atoms with E-state index in [-0.39, 0.29) is 6.04 Å². The minimum absolute atomic E-state index is 0.0920. The molecule has 0 fully saturated rings. The summed E-state index contributed by atoms with van der Waals surface area (Å²) < 4.78 is 0. The van der Waals surface area contributed by atoms with E-state index in [0.29, 0.717) is 0 Å². The molecule has 106 valence electrons. The van der Waals surface area contributed by atoms with Gasteiger partial charge in [0.25, 0.3) is 0 Å². The second-order valence-corrected chi connectivity index (χ2v) is 5.78. The first kappa shape index (κ1) is 15.0. The maximum atomic E-state index is 6.01. The number of hydrogen-bond donors (Lipinski definition) is 2. The molecular weight excluding hydrogens is 268 g/mol. The van der Waals surface area contributed by atoms with Crippen molar-refractivity contribution in [2.75, 3.05) is 0 Å². The van der Waals surface area contributed by atoms with E-state index >= 15 is 0 Å². The maximum Gasteiger partial charge on any atom is 0.0502 e. The second kappa shape index (κ2) is 6.40. The van der Waals surface area contributed by atoms with E-state index in [1.54, 1.807) is 0 Å². The van der Waals surface area contributed by atoms with Gasteiger partial charge in [-0.15, -0.1) is 0 Å². The van der Waals surface area contributed by atoms with Crippen molar-refractivity contribution >= 4 is 11.6 Å². The van der Waals surface area contributed by atoms with Gasteiger partial charge in [-0.3, -0.25) is 11.3 Å². The predicted octanol–water partition coefficient (Wildman–Crippen LogP) is 4.01. The Kier molecular flexibility index (Phi) is 4.81. The molecule has 0 aliphatic heterocycles. The fourth-order valence-electron chi connectivity index (χ4n) is 2.45. The molecule has 2 rings (SSSR count). The highest BCUT2D eigenvalue weighted by Gasteiger charge is 2.13. The molecule has 3 N–H and O–H groups in total. The molecule has 0 radical (unpaired) electrons. The van der Waals surface area contributed by atoms with Gasteiger partial charge in [-0.1, -0.05) is 35.9 Å². The summed E-state index contributed by atoms with van der Waals surface area (Å²) in [6.45, 7) is 6.32. The van der Waals surface area contributed by atoms with Crippen LogP contribution in [0.4, 0.5) is 0 Å². The van der Waals surface area contributed by atoms with Crippen molar-refractivity contribution in [2.24, 2.45) is 5.84 Å². The van der Waals surface area contributed by atoms with Crippen LogP contribution in [-0.4, -0.2) is 0 Å². The van der Waals surface area contributed by atoms with Crippen LogP contribution in [0.5, 0.6) is 0 Å². The van der Waals surface area contributed by atoms with E-state index in [1.807, 2.05) is 18.2 Å². The van der Waals surface area contributed by atoms with Crippen molar-refractivity contribution in [1.29, 1.82) is 0 Å². The van der Waals surface area contributed by atoms with Crippen LogP contribution < -0.4 is 11.3 Å². The van der Waals surface area contributed by atoms with Crippen molar-refractivity contribution in [1.82, 2.24) is 5.43 Å². The van der Waals surface area contributed by atoms with Crippen molar-refractivity contribution in [2.45, 2.75) is 33.2 Å². The molecule has 0 aliphatic carbocycles. The monoisotopic (exact) mass is 288 g/mol. The minimum Gasteiger partial charge on any atom is -0.271 e. The Morgan fingerprint density at radius 3 is 2.35 bits per heavy atom. The van der Waals surface area contributed by atoms with Gasteiger partial charge in [0.2, 0.25) is 0 Å². The number of halogens is 1. The second-order valence-electron chi connectivity index (χ2n) is 5.34. The lowest BCUT2D eigenvalue weighted by molar-refractivity contribution is 0.549. The standard InChI is InChI=1S/C17H21ClN2/c1-11-4-5-14(8-12(11)2)10-17(20-19)16-7-6-15(18)9-13(16)3/h4-9,17,20H,10,19H2,1-3H3. The summed E-state index contributed by atoms with van der Waals surface area (Å²) in [5.41, 5.74) is 9.17. The first-order valence-corrected chi connectivity index (χ1v) is 7.17. The van der Waals surface area contributed by atoms with Crippen LogP contribution in [0, 0.1) is 20.8 Å². The summed E-state index contributed by atoms with van der Waals surface area (Å²) in [4.78, 5) is 0. The van der Waals surface area contributed by atoms with Crippen molar-refractivity contribution in [3.63, 3.8) is 0 Å². The highest BCUT2D eigenvalue weighted by atomic mass is 35.5. The van der Waals surface area contributed by atoms with Crippen LogP contribution in [0.25, 0.3) is 0 Å². The molecule has 0 saturated heterocycles. The number of benzene rings is 2. The van der Waals surface area contributed by atoms with Crippen molar-refractivity contribution in [3.8, 4) is 0 Å². The van der Waals surface area contributed by atoms with E-state index in [4.69, 9.17) is 17.4 Å². The molecule has 2 nitrogen and oxygen atoms in total. The SMILES string of the molecule is Cc1ccc(CC(NN)c2ccc(Cl)cc2C)cc1C. The molecule has 2 aromatic carbocycles. The third-order valence-corrected chi connectivity index (χ3v) is 4.05. The third kappa shape index (κ3) is 3.40. The highest BCUT2D eigenvalue weighted by molar-refractivity contribution is 6.30. The number of hydrazine groups is 1. The fourth-order valence-corrected chi connectivity index (χ4v) is 2.68. The van der Waals surface area contributed by atoms with Gasteiger partial charge in [0.05, 0.1) is 6.04 Å². The first-order valence-electron chi connectivity index (χ1n) is 6.79. The zero-order valence-corrected chi connectivity index (χ0v) is 13.0. The molecule has 0 aromatic heterocycles. The lowest BCUT2D eigenvalue weighted by atomic mass is 9.94. The maximum absolute atomic E-state index is 6.01. The van der Waals surface area contributed by atoms with E-state index in [1.165, 1.54) is 22.3 Å². The average Bonchev–Trinajstić information content (AvgIpc) is 2.41. The zero-order valence-electron chi connectivity index (χ0n) is 12.2. The van der Waals surface area contributed by atoms with E-state index in [0.717, 1.165) is 17.0 Å². The summed E-state index contributed by atoms with van der Waals surface area (Å²) in [5, 5.41) is 0.758. The van der Waals surface area contributed by atoms with Gasteiger partial charge in [-0.25, -0.2) is 0 Å². The van der Waals surface area contributed by atoms with Crippen LogP contribution in [-0.2, 0) is 6.42 Å². The van der Waals surface area contributed by atoms with Gasteiger partial charge >= 0.3 is 0 Å². The van der Waals surface area contributed by atoms with Crippen LogP contribution in [0.15, 0.2) is 36.4 Å². The molecule has 0 amide bonds. The van der Waals surface area contributed by atoms with Gasteiger partial charge in [-0.2, -0.15) is 0 Å². The lowest BCUT2D eigenvalue weighted by Gasteiger charge is -2.19. The predicted molar refractivity (Wildman–Crippen MR) is 85.9 cm³/mol. The Hall–Kier alpha value is -1.35. The van der Waals surface area contributed by atoms with Crippen LogP contribution in [0.3, 0.4) is 0 Å². The molecule has 1 atom stereocenters. The normalized spacial score (nSPS) is 12.4. The number of nitrogens with one attached hydrogen (secondary N) is 1. The van der Waals surface area contributed by atoms with Crippen LogP contribution >= 0.6 is 11.6 Å². The number of rotatable bonds is 4. The topological polar surface area (TPSA) is 38.0 Å². The van der Waals surface area contributed by atoms with Gasteiger partial charge in [0, 0.05) is 5.02 Å². The number of hydrogen-bond acceptors (Lipinski definition) is 2. The molecule has 0 spiro atoms. The van der Waals surface area contributed by atoms with Gasteiger partial charge in [0.15, 0.2) is 0 Å². The van der Waals surface area contributed by atoms with E-state index in [2.05, 4.69) is 44.4 Å². The summed E-state index contributed by atoms with van der Waals surface area (Å²) in [5.74, 6) is 5.74. The molecule has 3 heteroatoms. The van der Waals surface area contributed by atoms with Crippen LogP contribution in [0.1, 0.15) is 33.9 Å². The van der Waals surface area contributed by atoms with Crippen LogP contribution in [0.2, 0.25) is 5.02 Å². The van der Waals surface area contributed by atoms with Gasteiger partial charge in [0.1, 0.15) is 0 Å². The summed E-state index contributed by atoms with van der Waals surface area (Å²) in [6, 6.07) is 12.6. The smallest absolute Gasteiger partial charge is 0.0502 e. The number of nitrogens with two attached hydrogens (primary N) is 1. The Morgan fingerprint density at radius 1 is 1.00 bits per heavy atom. The molecule has 20 heavy (non-hydrogen) atoms. The minimum atomic E-state index is 0.0920. The number of aryl methyl sites for hydroxylation is 3. The Bertz CT molecular complexity index is 608. The summed E-state index contributed by atoms with van der Waals surface area (Å²) in [6.07, 6.45) is 0.861. The Morgan fingerprint density at radius 2 is 1.75 bits per heavy atom. The fraction of sp³-hybridized carbons (Fsp3) is 0.294. The quantitative estimate of drug-likeness (QED) is 0.659. The molecule has 0 bridgehead atoms. The molecular formula is C17H21ClN2. The average molecular weight is 289 g/mol. The lowest BCUT2D eigenvalue weighted by Crippen LogP contribution is -2.30. The zero-order chi connectivity index (χ0) is 14.7. The largest absolute Gasteiger partial charge is 0.271 e. The van der Waals surface area contributed by atoms with Gasteiger partial charge < -0.3 is 0 Å². The molecule has 0 heterocycles.